The predicted molar refractivity (Wildman–Crippen MR) is 42.9 cm³/mol. The van der Waals surface area contributed by atoms with E-state index in [0.717, 1.165) is 18.4 Å². The Morgan fingerprint density at radius 2 is 2.18 bits per heavy atom. The number of unbranched alkanes of at least 4 members (excludes halogenated alkanes) is 3. The molecule has 2 nitrogen and oxygen atoms in total. The fourth-order valence-corrected chi connectivity index (χ4v) is 1.09. The largest absolute Gasteiger partial charge is 0.430 e. The molecule has 0 unspecified atom stereocenters. The Bertz CT molecular complexity index is 170. The lowest BCUT2D eigenvalue weighted by atomic mass is 10.1. The zero-order valence-corrected chi connectivity index (χ0v) is 6.93. The van der Waals surface area contributed by atoms with Crippen molar-refractivity contribution in [1.29, 1.82) is 0 Å². The molecular formula is C9H14O2. The molecule has 0 bridgehead atoms. The van der Waals surface area contributed by atoms with Gasteiger partial charge in [0, 0.05) is 0 Å². The first kappa shape index (κ1) is 8.31. The number of carbonyl (C=O) groups excluding carboxylic acids is 1. The molecule has 0 saturated heterocycles. The van der Waals surface area contributed by atoms with Crippen LogP contribution in [0.25, 0.3) is 0 Å². The van der Waals surface area contributed by atoms with Crippen molar-refractivity contribution < 1.29 is 9.53 Å². The summed E-state index contributed by atoms with van der Waals surface area (Å²) in [4.78, 5) is 10.6. The average Bonchev–Trinajstić information content (AvgIpc) is 2.02. The van der Waals surface area contributed by atoms with Crippen LogP contribution in [0.3, 0.4) is 0 Å². The van der Waals surface area contributed by atoms with E-state index in [1.807, 2.05) is 0 Å². The van der Waals surface area contributed by atoms with Crippen LogP contribution in [0.15, 0.2) is 11.8 Å². The molecule has 2 heteroatoms. The fourth-order valence-electron chi connectivity index (χ4n) is 1.09. The van der Waals surface area contributed by atoms with Crippen molar-refractivity contribution in [2.75, 3.05) is 0 Å². The molecule has 0 spiro atoms. The summed E-state index contributed by atoms with van der Waals surface area (Å²) >= 11 is 0. The molecule has 1 aliphatic rings. The summed E-state index contributed by atoms with van der Waals surface area (Å²) in [7, 11) is 0. The van der Waals surface area contributed by atoms with Crippen LogP contribution in [0.2, 0.25) is 0 Å². The summed E-state index contributed by atoms with van der Waals surface area (Å²) in [5.74, 6) is -0.124. The molecule has 0 aromatic rings. The monoisotopic (exact) mass is 154 g/mol. The van der Waals surface area contributed by atoms with Crippen LogP contribution in [0.5, 0.6) is 0 Å². The van der Waals surface area contributed by atoms with E-state index >= 15 is 0 Å². The van der Waals surface area contributed by atoms with Crippen molar-refractivity contribution in [3.05, 3.63) is 11.8 Å². The molecule has 1 aliphatic heterocycles. The zero-order chi connectivity index (χ0) is 8.10. The lowest BCUT2D eigenvalue weighted by molar-refractivity contribution is -0.138. The topological polar surface area (TPSA) is 26.3 Å². The van der Waals surface area contributed by atoms with Gasteiger partial charge in [0.2, 0.25) is 0 Å². The number of rotatable bonds is 5. The van der Waals surface area contributed by atoms with Crippen LogP contribution < -0.4 is 0 Å². The molecule has 1 heterocycles. The first-order valence-electron chi connectivity index (χ1n) is 4.24. The minimum Gasteiger partial charge on any atom is -0.430 e. The smallest absolute Gasteiger partial charge is 0.341 e. The number of cyclic esters (lactones) is 1. The second kappa shape index (κ2) is 4.16. The minimum absolute atomic E-state index is 0.124. The normalized spacial score (nSPS) is 15.4. The lowest BCUT2D eigenvalue weighted by Crippen LogP contribution is -2.14. The highest BCUT2D eigenvalue weighted by atomic mass is 16.5. The van der Waals surface area contributed by atoms with Gasteiger partial charge < -0.3 is 4.74 Å². The first-order chi connectivity index (χ1) is 5.34. The van der Waals surface area contributed by atoms with Crippen molar-refractivity contribution in [3.63, 3.8) is 0 Å². The Morgan fingerprint density at radius 3 is 2.64 bits per heavy atom. The second-order valence-electron chi connectivity index (χ2n) is 2.86. The van der Waals surface area contributed by atoms with Crippen molar-refractivity contribution >= 4 is 5.97 Å². The maximum atomic E-state index is 10.6. The number of carbonyl (C=O) groups is 1. The molecule has 0 aliphatic carbocycles. The molecule has 62 valence electrons. The highest BCUT2D eigenvalue weighted by molar-refractivity contribution is 5.93. The number of hydrogen-bond acceptors (Lipinski definition) is 2. The summed E-state index contributed by atoms with van der Waals surface area (Å²) in [6.45, 7) is 2.18. The highest BCUT2D eigenvalue weighted by Crippen LogP contribution is 2.17. The van der Waals surface area contributed by atoms with E-state index < -0.39 is 0 Å². The molecular weight excluding hydrogens is 140 g/mol. The zero-order valence-electron chi connectivity index (χ0n) is 6.93. The molecule has 0 N–H and O–H groups in total. The molecule has 0 radical (unpaired) electrons. The van der Waals surface area contributed by atoms with Gasteiger partial charge in [-0.2, -0.15) is 0 Å². The third-order valence-electron chi connectivity index (χ3n) is 1.87. The highest BCUT2D eigenvalue weighted by Gasteiger charge is 2.18. The number of esters is 1. The van der Waals surface area contributed by atoms with Gasteiger partial charge >= 0.3 is 5.97 Å². The van der Waals surface area contributed by atoms with Crippen LogP contribution in [-0.4, -0.2) is 5.97 Å². The van der Waals surface area contributed by atoms with E-state index in [0.29, 0.717) is 0 Å². The fraction of sp³-hybridized carbons (Fsp3) is 0.667. The van der Waals surface area contributed by atoms with Crippen molar-refractivity contribution in [3.8, 4) is 0 Å². The molecule has 1 rings (SSSR count). The Morgan fingerprint density at radius 1 is 1.36 bits per heavy atom. The van der Waals surface area contributed by atoms with Crippen LogP contribution >= 0.6 is 0 Å². The Labute approximate surface area is 67.2 Å². The van der Waals surface area contributed by atoms with Gasteiger partial charge in [-0.15, -0.1) is 0 Å². The van der Waals surface area contributed by atoms with Gasteiger partial charge in [0.05, 0.1) is 5.57 Å². The van der Waals surface area contributed by atoms with E-state index in [4.69, 9.17) is 0 Å². The van der Waals surface area contributed by atoms with Gasteiger partial charge in [-0.1, -0.05) is 26.2 Å². The summed E-state index contributed by atoms with van der Waals surface area (Å²) in [6, 6.07) is 0. The van der Waals surface area contributed by atoms with Gasteiger partial charge in [-0.25, -0.2) is 4.79 Å². The Hall–Kier alpha value is -0.790. The van der Waals surface area contributed by atoms with E-state index in [-0.39, 0.29) is 5.97 Å². The molecule has 0 atom stereocenters. The van der Waals surface area contributed by atoms with Crippen molar-refractivity contribution in [2.45, 2.75) is 39.0 Å². The average molecular weight is 154 g/mol. The Kier molecular flexibility index (Phi) is 3.14. The van der Waals surface area contributed by atoms with Crippen molar-refractivity contribution in [1.82, 2.24) is 0 Å². The van der Waals surface area contributed by atoms with Gasteiger partial charge in [-0.3, -0.25) is 0 Å². The third-order valence-corrected chi connectivity index (χ3v) is 1.87. The quantitative estimate of drug-likeness (QED) is 0.449. The predicted octanol–water partition coefficient (Wildman–Crippen LogP) is 2.40. The maximum Gasteiger partial charge on any atom is 0.341 e. The number of hydrogen-bond donors (Lipinski definition) is 0. The SMILES string of the molecule is CCCCCCC1=COC1=O. The van der Waals surface area contributed by atoms with Crippen LogP contribution in [0.1, 0.15) is 39.0 Å². The molecule has 0 amide bonds. The third kappa shape index (κ3) is 2.37. The van der Waals surface area contributed by atoms with Gasteiger partial charge in [0.1, 0.15) is 6.26 Å². The van der Waals surface area contributed by atoms with Gasteiger partial charge in [-0.05, 0) is 12.8 Å². The minimum atomic E-state index is -0.124. The molecule has 0 fully saturated rings. The van der Waals surface area contributed by atoms with Crippen LogP contribution in [0, 0.1) is 0 Å². The van der Waals surface area contributed by atoms with E-state index in [1.54, 1.807) is 6.26 Å². The standard InChI is InChI=1S/C9H14O2/c1-2-3-4-5-6-8-7-11-9(8)10/h7H,2-6H2,1H3. The van der Waals surface area contributed by atoms with E-state index in [2.05, 4.69) is 11.7 Å². The van der Waals surface area contributed by atoms with E-state index in [9.17, 15) is 4.79 Å². The van der Waals surface area contributed by atoms with Crippen LogP contribution in [0.4, 0.5) is 0 Å². The molecule has 0 aromatic heterocycles. The Balaban J connectivity index is 2.00. The molecule has 11 heavy (non-hydrogen) atoms. The first-order valence-corrected chi connectivity index (χ1v) is 4.24. The second-order valence-corrected chi connectivity index (χ2v) is 2.86. The summed E-state index contributed by atoms with van der Waals surface area (Å²) in [6.07, 6.45) is 7.31. The summed E-state index contributed by atoms with van der Waals surface area (Å²) in [5, 5.41) is 0. The van der Waals surface area contributed by atoms with Crippen molar-refractivity contribution in [2.24, 2.45) is 0 Å². The van der Waals surface area contributed by atoms with E-state index in [1.165, 1.54) is 19.3 Å². The van der Waals surface area contributed by atoms with Gasteiger partial charge in [0.15, 0.2) is 0 Å². The summed E-state index contributed by atoms with van der Waals surface area (Å²) in [5.41, 5.74) is 0.862. The van der Waals surface area contributed by atoms with Crippen LogP contribution in [-0.2, 0) is 9.53 Å². The molecule has 0 aromatic carbocycles. The lowest BCUT2D eigenvalue weighted by Gasteiger charge is -2.12. The summed E-state index contributed by atoms with van der Waals surface area (Å²) < 4.78 is 4.50. The maximum absolute atomic E-state index is 10.6. The number of ether oxygens (including phenoxy) is 1. The van der Waals surface area contributed by atoms with Gasteiger partial charge in [0.25, 0.3) is 0 Å². The molecule has 0 saturated carbocycles.